The zero-order chi connectivity index (χ0) is 20.4. The topological polar surface area (TPSA) is 35.6 Å². The normalized spacial score (nSPS) is 27.2. The number of likely N-dealkylation sites (tertiary alicyclic amines) is 1. The van der Waals surface area contributed by atoms with Crippen LogP contribution in [0.4, 0.5) is 4.79 Å². The number of carbonyl (C=O) groups excluding carboxylic acids is 1. The summed E-state index contributed by atoms with van der Waals surface area (Å²) in [6, 6.07) is 9.70. The molecule has 3 aliphatic rings. The van der Waals surface area contributed by atoms with E-state index in [4.69, 9.17) is 0 Å². The molecule has 1 saturated heterocycles. The van der Waals surface area contributed by atoms with Gasteiger partial charge in [-0.15, -0.1) is 0 Å². The molecule has 1 spiro atoms. The fourth-order valence-electron chi connectivity index (χ4n) is 5.86. The van der Waals surface area contributed by atoms with E-state index in [-0.39, 0.29) is 17.5 Å². The first kappa shape index (κ1) is 20.5. The highest BCUT2D eigenvalue weighted by molar-refractivity contribution is 5.74. The van der Waals surface area contributed by atoms with Crippen LogP contribution >= 0.6 is 0 Å². The van der Waals surface area contributed by atoms with Crippen LogP contribution in [0.3, 0.4) is 0 Å². The first-order valence-corrected chi connectivity index (χ1v) is 11.5. The van der Waals surface area contributed by atoms with Crippen molar-refractivity contribution in [2.45, 2.75) is 75.3 Å². The van der Waals surface area contributed by atoms with Crippen molar-refractivity contribution in [1.82, 2.24) is 15.1 Å². The van der Waals surface area contributed by atoms with Gasteiger partial charge >= 0.3 is 6.03 Å². The molecule has 2 aliphatic carbocycles. The Hall–Kier alpha value is -1.81. The van der Waals surface area contributed by atoms with Crippen LogP contribution in [0.25, 0.3) is 0 Å². The summed E-state index contributed by atoms with van der Waals surface area (Å²) in [7, 11) is 3.62. The van der Waals surface area contributed by atoms with E-state index in [1.165, 1.54) is 81.2 Å². The number of carbonyl (C=O) groups is 1. The minimum Gasteiger partial charge on any atom is -0.331 e. The molecule has 4 heteroatoms. The maximum absolute atomic E-state index is 12.3. The third-order valence-corrected chi connectivity index (χ3v) is 7.64. The number of fused-ring (bicyclic) bond motifs is 2. The Morgan fingerprint density at radius 2 is 1.90 bits per heavy atom. The van der Waals surface area contributed by atoms with Gasteiger partial charge in [-0.25, -0.2) is 4.79 Å². The van der Waals surface area contributed by atoms with Gasteiger partial charge < -0.3 is 15.1 Å². The van der Waals surface area contributed by atoms with Crippen molar-refractivity contribution in [3.63, 3.8) is 0 Å². The number of nitrogens with one attached hydrogen (secondary N) is 1. The molecule has 0 unspecified atom stereocenters. The van der Waals surface area contributed by atoms with Gasteiger partial charge in [-0.1, -0.05) is 42.8 Å². The fraction of sp³-hybridized carbons (Fsp3) is 0.640. The van der Waals surface area contributed by atoms with E-state index in [2.05, 4.69) is 41.1 Å². The molecule has 0 radical (unpaired) electrons. The second-order valence-corrected chi connectivity index (χ2v) is 9.69. The average molecular weight is 396 g/mol. The number of urea groups is 1. The van der Waals surface area contributed by atoms with E-state index >= 15 is 0 Å². The van der Waals surface area contributed by atoms with E-state index in [1.807, 2.05) is 14.1 Å². The Morgan fingerprint density at radius 1 is 1.14 bits per heavy atom. The molecule has 1 heterocycles. The zero-order valence-electron chi connectivity index (χ0n) is 18.3. The number of rotatable bonds is 2. The Labute approximate surface area is 176 Å². The SMILES string of the molecule is C=C1CCCC[C@@H](N2CCC3(CC[C@H](NC(=O)N(C)C)c4ccccc43)CC2)C1. The molecule has 158 valence electrons. The van der Waals surface area contributed by atoms with E-state index < -0.39 is 0 Å². The molecule has 1 saturated carbocycles. The average Bonchev–Trinajstić information content (AvgIpc) is 2.95. The van der Waals surface area contributed by atoms with Gasteiger partial charge in [0.15, 0.2) is 0 Å². The van der Waals surface area contributed by atoms with Crippen molar-refractivity contribution >= 4 is 6.03 Å². The van der Waals surface area contributed by atoms with Gasteiger partial charge in [-0.05, 0) is 81.0 Å². The number of nitrogens with zero attached hydrogens (tertiary/aromatic N) is 2. The second-order valence-electron chi connectivity index (χ2n) is 9.69. The molecule has 4 rings (SSSR count). The number of hydrogen-bond donors (Lipinski definition) is 1. The molecule has 1 aliphatic heterocycles. The minimum absolute atomic E-state index is 0.00386. The second kappa shape index (κ2) is 8.51. The lowest BCUT2D eigenvalue weighted by Gasteiger charge is -2.49. The predicted octanol–water partition coefficient (Wildman–Crippen LogP) is 5.02. The quantitative estimate of drug-likeness (QED) is 0.564. The molecule has 1 aromatic rings. The van der Waals surface area contributed by atoms with Crippen molar-refractivity contribution in [2.24, 2.45) is 0 Å². The number of piperidine rings is 1. The maximum atomic E-state index is 12.3. The lowest BCUT2D eigenvalue weighted by Crippen LogP contribution is -2.49. The number of benzene rings is 1. The van der Waals surface area contributed by atoms with Crippen LogP contribution in [0.5, 0.6) is 0 Å². The molecule has 2 amide bonds. The van der Waals surface area contributed by atoms with Gasteiger partial charge in [0.1, 0.15) is 0 Å². The largest absolute Gasteiger partial charge is 0.331 e. The summed E-state index contributed by atoms with van der Waals surface area (Å²) in [5.41, 5.74) is 4.56. The molecular weight excluding hydrogens is 358 g/mol. The van der Waals surface area contributed by atoms with E-state index in [0.717, 1.165) is 6.42 Å². The highest BCUT2D eigenvalue weighted by Crippen LogP contribution is 2.48. The summed E-state index contributed by atoms with van der Waals surface area (Å²) >= 11 is 0. The van der Waals surface area contributed by atoms with Gasteiger partial charge in [0.05, 0.1) is 6.04 Å². The highest BCUT2D eigenvalue weighted by Gasteiger charge is 2.43. The van der Waals surface area contributed by atoms with Crippen LogP contribution in [-0.4, -0.2) is 49.1 Å². The zero-order valence-corrected chi connectivity index (χ0v) is 18.3. The fourth-order valence-corrected chi connectivity index (χ4v) is 5.86. The van der Waals surface area contributed by atoms with Gasteiger partial charge in [-0.3, -0.25) is 0 Å². The number of hydrogen-bond acceptors (Lipinski definition) is 2. The Kier molecular flexibility index (Phi) is 6.00. The molecule has 0 bridgehead atoms. The standard InChI is InChI=1S/C25H37N3O/c1-19-8-4-5-9-20(18-19)28-16-14-25(15-17-28)13-12-23(26-24(29)27(2)3)21-10-6-7-11-22(21)25/h6-7,10-11,20,23H,1,4-5,8-9,12-18H2,2-3H3,(H,26,29)/t20-,23+/m1/s1. The van der Waals surface area contributed by atoms with Gasteiger partial charge in [0, 0.05) is 20.1 Å². The first-order valence-electron chi connectivity index (χ1n) is 11.5. The predicted molar refractivity (Wildman–Crippen MR) is 119 cm³/mol. The Balaban J connectivity index is 1.49. The van der Waals surface area contributed by atoms with Crippen molar-refractivity contribution < 1.29 is 4.79 Å². The summed E-state index contributed by atoms with van der Waals surface area (Å²) in [4.78, 5) is 16.6. The molecular formula is C25H37N3O. The summed E-state index contributed by atoms with van der Waals surface area (Å²) in [6.07, 6.45) is 11.1. The van der Waals surface area contributed by atoms with E-state index in [1.54, 1.807) is 4.90 Å². The highest BCUT2D eigenvalue weighted by atomic mass is 16.2. The summed E-state index contributed by atoms with van der Waals surface area (Å²) in [6.45, 7) is 6.70. The van der Waals surface area contributed by atoms with Crippen molar-refractivity contribution in [3.8, 4) is 0 Å². The Bertz CT molecular complexity index is 748. The van der Waals surface area contributed by atoms with E-state index in [0.29, 0.717) is 6.04 Å². The molecule has 4 nitrogen and oxygen atoms in total. The number of amides is 2. The third kappa shape index (κ3) is 4.23. The van der Waals surface area contributed by atoms with Gasteiger partial charge in [0.2, 0.25) is 0 Å². The molecule has 2 atom stereocenters. The Morgan fingerprint density at radius 3 is 2.66 bits per heavy atom. The monoisotopic (exact) mass is 395 g/mol. The lowest BCUT2D eigenvalue weighted by molar-refractivity contribution is 0.0970. The molecule has 2 fully saturated rings. The van der Waals surface area contributed by atoms with Crippen molar-refractivity contribution in [2.75, 3.05) is 27.2 Å². The van der Waals surface area contributed by atoms with Crippen LogP contribution in [-0.2, 0) is 5.41 Å². The summed E-state index contributed by atoms with van der Waals surface area (Å²) in [5, 5.41) is 3.24. The first-order chi connectivity index (χ1) is 14.0. The van der Waals surface area contributed by atoms with Crippen LogP contribution in [0.15, 0.2) is 36.4 Å². The van der Waals surface area contributed by atoms with E-state index in [9.17, 15) is 4.79 Å². The minimum atomic E-state index is 0.00386. The van der Waals surface area contributed by atoms with Gasteiger partial charge in [0.25, 0.3) is 0 Å². The maximum Gasteiger partial charge on any atom is 0.317 e. The molecule has 1 aromatic carbocycles. The summed E-state index contributed by atoms with van der Waals surface area (Å²) in [5.74, 6) is 0. The summed E-state index contributed by atoms with van der Waals surface area (Å²) < 4.78 is 0. The van der Waals surface area contributed by atoms with Crippen molar-refractivity contribution in [3.05, 3.63) is 47.5 Å². The molecule has 0 aromatic heterocycles. The van der Waals surface area contributed by atoms with Crippen LogP contribution in [0.2, 0.25) is 0 Å². The van der Waals surface area contributed by atoms with Crippen LogP contribution in [0.1, 0.15) is 75.0 Å². The smallest absolute Gasteiger partial charge is 0.317 e. The molecule has 29 heavy (non-hydrogen) atoms. The lowest BCUT2D eigenvalue weighted by atomic mass is 9.63. The third-order valence-electron chi connectivity index (χ3n) is 7.64. The van der Waals surface area contributed by atoms with Crippen LogP contribution in [0, 0.1) is 0 Å². The van der Waals surface area contributed by atoms with Crippen molar-refractivity contribution in [1.29, 1.82) is 0 Å². The van der Waals surface area contributed by atoms with Gasteiger partial charge in [-0.2, -0.15) is 0 Å². The molecule has 1 N–H and O–H groups in total. The van der Waals surface area contributed by atoms with Crippen LogP contribution < -0.4 is 5.32 Å².